The van der Waals surface area contributed by atoms with Gasteiger partial charge in [0.25, 0.3) is 0 Å². The first kappa shape index (κ1) is 50.7. The number of likely N-dealkylation sites (tertiary alicyclic amines) is 2. The standard InChI is InChI=1S/C30H40N2O3.C28H36N2O3/c1-4-21-7-12-25(13-8-21)35-29-14-11-22-9-10-24(19-26(22)27(29)20-31)28(5-2)32-17-15-23(16-18-32)30(33)34-6-3;1-3-19-5-10-23(11-6-19)33-27-12-9-20-7-8-22(17-24(20)25(27)18-29)26(4-2)30-15-13-21(14-16-30)28(31)32/h9-11,14,19,21,23,25,28H,4-8,12-13,15-18H2,1-3H3;7-9,12,17,19,21,23,26H,3-6,10-11,13-16H2,1-2H3,(H,31,32). The minimum atomic E-state index is -0.678. The van der Waals surface area contributed by atoms with Crippen molar-refractivity contribution in [3.63, 3.8) is 0 Å². The molecule has 0 aromatic heterocycles. The molecule has 2 heterocycles. The van der Waals surface area contributed by atoms with Crippen LogP contribution in [0.3, 0.4) is 0 Å². The second-order valence-corrected chi connectivity index (χ2v) is 20.0. The molecule has 2 unspecified atom stereocenters. The summed E-state index contributed by atoms with van der Waals surface area (Å²) in [5.41, 5.74) is 3.70. The Morgan fingerprint density at radius 3 is 1.34 bits per heavy atom. The highest BCUT2D eigenvalue weighted by molar-refractivity contribution is 5.91. The van der Waals surface area contributed by atoms with Gasteiger partial charge < -0.3 is 19.3 Å². The Bertz CT molecular complexity index is 2390. The number of piperidine rings is 2. The van der Waals surface area contributed by atoms with Crippen LogP contribution in [0.2, 0.25) is 0 Å². The second kappa shape index (κ2) is 24.4. The molecule has 10 heteroatoms. The van der Waals surface area contributed by atoms with Crippen molar-refractivity contribution in [3.05, 3.63) is 82.9 Å². The number of esters is 1. The molecule has 68 heavy (non-hydrogen) atoms. The van der Waals surface area contributed by atoms with E-state index in [0.29, 0.717) is 36.3 Å². The van der Waals surface area contributed by atoms with Crippen molar-refractivity contribution < 1.29 is 28.9 Å². The summed E-state index contributed by atoms with van der Waals surface area (Å²) in [6, 6.07) is 26.4. The summed E-state index contributed by atoms with van der Waals surface area (Å²) in [6.07, 6.45) is 17.0. The van der Waals surface area contributed by atoms with Gasteiger partial charge in [-0.05, 0) is 181 Å². The molecular weight excluding hydrogens is 849 g/mol. The van der Waals surface area contributed by atoms with E-state index in [1.54, 1.807) is 0 Å². The quantitative estimate of drug-likeness (QED) is 0.115. The van der Waals surface area contributed by atoms with Crippen LogP contribution in [0.4, 0.5) is 0 Å². The molecule has 4 aromatic carbocycles. The predicted molar refractivity (Wildman–Crippen MR) is 270 cm³/mol. The zero-order valence-electron chi connectivity index (χ0n) is 41.5. The van der Waals surface area contributed by atoms with E-state index in [1.165, 1.54) is 49.7 Å². The first-order valence-electron chi connectivity index (χ1n) is 26.3. The Morgan fingerprint density at radius 2 is 0.985 bits per heavy atom. The first-order chi connectivity index (χ1) is 33.1. The lowest BCUT2D eigenvalue weighted by molar-refractivity contribution is -0.150. The van der Waals surface area contributed by atoms with Crippen LogP contribution in [0.5, 0.6) is 11.5 Å². The van der Waals surface area contributed by atoms with E-state index in [-0.39, 0.29) is 42.1 Å². The van der Waals surface area contributed by atoms with E-state index in [9.17, 15) is 25.2 Å². The Balaban J connectivity index is 0.000000202. The Morgan fingerprint density at radius 1 is 0.588 bits per heavy atom. The number of carboxylic acids is 1. The zero-order valence-corrected chi connectivity index (χ0v) is 41.5. The van der Waals surface area contributed by atoms with Gasteiger partial charge in [-0.25, -0.2) is 0 Å². The molecule has 364 valence electrons. The molecule has 2 atom stereocenters. The SMILES string of the molecule is CCC1CCC(Oc2ccc3ccc(C(CC)N4CCC(C(=O)O)CC4)cc3c2C#N)CC1.CCOC(=O)C1CCN(C(CC)c2ccc3ccc(OC4CCC(CC)CC4)c(C#N)c3c2)CC1. The molecule has 2 aliphatic heterocycles. The molecule has 2 saturated carbocycles. The third-order valence-electron chi connectivity index (χ3n) is 16.0. The van der Waals surface area contributed by atoms with Gasteiger partial charge in [0, 0.05) is 22.9 Å². The lowest BCUT2D eigenvalue weighted by Crippen LogP contribution is -2.39. The van der Waals surface area contributed by atoms with E-state index in [0.717, 1.165) is 117 Å². The molecule has 4 aromatic rings. The number of carbonyl (C=O) groups is 2. The minimum absolute atomic E-state index is 0.0117. The van der Waals surface area contributed by atoms with Crippen LogP contribution in [0, 0.1) is 46.3 Å². The van der Waals surface area contributed by atoms with Gasteiger partial charge >= 0.3 is 11.9 Å². The monoisotopic (exact) mass is 925 g/mol. The fourth-order valence-electron chi connectivity index (χ4n) is 11.7. The van der Waals surface area contributed by atoms with Gasteiger partial charge in [0.15, 0.2) is 0 Å². The molecule has 2 aliphatic carbocycles. The third-order valence-corrected chi connectivity index (χ3v) is 16.0. The topological polar surface area (TPSA) is 136 Å². The van der Waals surface area contributed by atoms with Crippen molar-refractivity contribution in [3.8, 4) is 23.6 Å². The zero-order chi connectivity index (χ0) is 48.2. The molecular formula is C58H76N4O6. The van der Waals surface area contributed by atoms with E-state index >= 15 is 0 Å². The van der Waals surface area contributed by atoms with Gasteiger partial charge in [-0.15, -0.1) is 0 Å². The van der Waals surface area contributed by atoms with Crippen LogP contribution >= 0.6 is 0 Å². The van der Waals surface area contributed by atoms with Crippen molar-refractivity contribution in [2.75, 3.05) is 32.8 Å². The van der Waals surface area contributed by atoms with Crippen molar-refractivity contribution >= 4 is 33.5 Å². The van der Waals surface area contributed by atoms with Crippen LogP contribution < -0.4 is 9.47 Å². The summed E-state index contributed by atoms with van der Waals surface area (Å²) in [4.78, 5) is 28.4. The van der Waals surface area contributed by atoms with Gasteiger partial charge in [-0.1, -0.05) is 76.9 Å². The molecule has 0 bridgehead atoms. The third kappa shape index (κ3) is 12.2. The molecule has 1 N–H and O–H groups in total. The highest BCUT2D eigenvalue weighted by atomic mass is 16.5. The summed E-state index contributed by atoms with van der Waals surface area (Å²) in [7, 11) is 0. The minimum Gasteiger partial charge on any atom is -0.489 e. The average Bonchev–Trinajstić information content (AvgIpc) is 3.37. The van der Waals surface area contributed by atoms with Gasteiger partial charge in [-0.3, -0.25) is 19.4 Å². The van der Waals surface area contributed by atoms with Crippen LogP contribution in [-0.4, -0.2) is 71.8 Å². The van der Waals surface area contributed by atoms with E-state index < -0.39 is 5.97 Å². The molecule has 8 rings (SSSR count). The predicted octanol–water partition coefficient (Wildman–Crippen LogP) is 13.1. The Hall–Kier alpha value is -5.16. The van der Waals surface area contributed by atoms with Crippen molar-refractivity contribution in [1.82, 2.24) is 9.80 Å². The summed E-state index contributed by atoms with van der Waals surface area (Å²) < 4.78 is 18.0. The number of hydrogen-bond donors (Lipinski definition) is 1. The molecule has 4 aliphatic rings. The van der Waals surface area contributed by atoms with Crippen molar-refractivity contribution in [2.45, 2.75) is 162 Å². The summed E-state index contributed by atoms with van der Waals surface area (Å²) in [5.74, 6) is 2.11. The number of fused-ring (bicyclic) bond motifs is 2. The van der Waals surface area contributed by atoms with Gasteiger partial charge in [0.1, 0.15) is 34.8 Å². The number of carbonyl (C=O) groups excluding carboxylic acids is 1. The Kier molecular flexibility index (Phi) is 18.2. The molecule has 4 fully saturated rings. The van der Waals surface area contributed by atoms with Crippen molar-refractivity contribution in [2.24, 2.45) is 23.7 Å². The summed E-state index contributed by atoms with van der Waals surface area (Å²) >= 11 is 0. The fraction of sp³-hybridized carbons (Fsp3) is 0.586. The number of hydrogen-bond acceptors (Lipinski definition) is 9. The number of nitrogens with zero attached hydrogens (tertiary/aromatic N) is 4. The molecule has 2 saturated heterocycles. The Labute approximate surface area is 405 Å². The maximum absolute atomic E-state index is 12.2. The van der Waals surface area contributed by atoms with Crippen LogP contribution in [0.25, 0.3) is 21.5 Å². The maximum atomic E-state index is 12.2. The maximum Gasteiger partial charge on any atom is 0.309 e. The second-order valence-electron chi connectivity index (χ2n) is 20.0. The van der Waals surface area contributed by atoms with E-state index in [2.05, 4.69) is 98.2 Å². The summed E-state index contributed by atoms with van der Waals surface area (Å²) in [6.45, 7) is 14.6. The summed E-state index contributed by atoms with van der Waals surface area (Å²) in [5, 5.41) is 33.5. The first-order valence-corrected chi connectivity index (χ1v) is 26.3. The highest BCUT2D eigenvalue weighted by Gasteiger charge is 2.32. The fourth-order valence-corrected chi connectivity index (χ4v) is 11.7. The van der Waals surface area contributed by atoms with Gasteiger partial charge in [-0.2, -0.15) is 10.5 Å². The molecule has 0 amide bonds. The number of carboxylic acid groups (broad SMARTS) is 1. The smallest absolute Gasteiger partial charge is 0.309 e. The van der Waals surface area contributed by atoms with Gasteiger partial charge in [0.05, 0.1) is 30.7 Å². The number of rotatable bonds is 15. The lowest BCUT2D eigenvalue weighted by Gasteiger charge is -2.37. The molecule has 10 nitrogen and oxygen atoms in total. The van der Waals surface area contributed by atoms with E-state index in [1.807, 2.05) is 19.1 Å². The number of benzene rings is 4. The van der Waals surface area contributed by atoms with E-state index in [4.69, 9.17) is 14.2 Å². The number of ether oxygens (including phenoxy) is 3. The van der Waals surface area contributed by atoms with Crippen LogP contribution in [0.15, 0.2) is 60.7 Å². The normalized spacial score (nSPS) is 22.8. The highest BCUT2D eigenvalue weighted by Crippen LogP contribution is 2.39. The number of nitriles is 2. The van der Waals surface area contributed by atoms with Gasteiger partial charge in [0.2, 0.25) is 0 Å². The van der Waals surface area contributed by atoms with Crippen molar-refractivity contribution in [1.29, 1.82) is 10.5 Å². The molecule has 0 radical (unpaired) electrons. The number of aliphatic carboxylic acids is 1. The average molecular weight is 925 g/mol. The van der Waals surface area contributed by atoms with Crippen LogP contribution in [0.1, 0.15) is 172 Å². The van der Waals surface area contributed by atoms with Crippen LogP contribution in [-0.2, 0) is 14.3 Å². The molecule has 0 spiro atoms. The largest absolute Gasteiger partial charge is 0.489 e. The lowest BCUT2D eigenvalue weighted by atomic mass is 9.86.